The number of hydrogen-bond acceptors (Lipinski definition) is 8. The molecule has 0 spiro atoms. The van der Waals surface area contributed by atoms with E-state index in [-0.39, 0.29) is 36.1 Å². The lowest BCUT2D eigenvalue weighted by Crippen LogP contribution is -2.68. The fourth-order valence-corrected chi connectivity index (χ4v) is 9.13. The van der Waals surface area contributed by atoms with Crippen LogP contribution in [0.5, 0.6) is 0 Å². The van der Waals surface area contributed by atoms with Crippen LogP contribution in [0.1, 0.15) is 75.1 Å². The largest absolute Gasteiger partial charge is 0.458 e. The number of rotatable bonds is 4. The number of aliphatic hydroxyl groups is 3. The van der Waals surface area contributed by atoms with Gasteiger partial charge in [0.1, 0.15) is 6.61 Å². The van der Waals surface area contributed by atoms with Crippen molar-refractivity contribution in [3.05, 3.63) is 41.7 Å². The Morgan fingerprint density at radius 1 is 1.11 bits per heavy atom. The number of hydrazone groups is 1. The van der Waals surface area contributed by atoms with E-state index in [9.17, 15) is 24.9 Å². The van der Waals surface area contributed by atoms with Gasteiger partial charge in [-0.25, -0.2) is 10.2 Å². The van der Waals surface area contributed by atoms with Gasteiger partial charge in [0.15, 0.2) is 0 Å². The first-order valence-corrected chi connectivity index (χ1v) is 13.9. The second-order valence-electron chi connectivity index (χ2n) is 12.5. The van der Waals surface area contributed by atoms with E-state index in [1.807, 2.05) is 0 Å². The van der Waals surface area contributed by atoms with Crippen LogP contribution in [0.3, 0.4) is 0 Å². The maximum Gasteiger partial charge on any atom is 0.331 e. The summed E-state index contributed by atoms with van der Waals surface area (Å²) in [5.41, 5.74) is 0.743. The molecular formula is C29H37N3O6. The number of carbonyl (C=O) groups excluding carboxylic acids is 2. The quantitative estimate of drug-likeness (QED) is 0.270. The Labute approximate surface area is 222 Å². The van der Waals surface area contributed by atoms with Crippen molar-refractivity contribution >= 4 is 18.1 Å². The highest BCUT2D eigenvalue weighted by Crippen LogP contribution is 2.70. The molecule has 38 heavy (non-hydrogen) atoms. The van der Waals surface area contributed by atoms with Crippen molar-refractivity contribution in [1.82, 2.24) is 10.4 Å². The summed E-state index contributed by atoms with van der Waals surface area (Å²) in [6, 6.07) is 3.22. The van der Waals surface area contributed by atoms with Crippen molar-refractivity contribution in [3.63, 3.8) is 0 Å². The first-order chi connectivity index (χ1) is 18.1. The van der Waals surface area contributed by atoms with Gasteiger partial charge in [-0.15, -0.1) is 0 Å². The minimum Gasteiger partial charge on any atom is -0.458 e. The molecule has 4 saturated carbocycles. The Bertz CT molecular complexity index is 1190. The predicted molar refractivity (Wildman–Crippen MR) is 138 cm³/mol. The Kier molecular flexibility index (Phi) is 6.05. The molecule has 1 aromatic rings. The monoisotopic (exact) mass is 523 g/mol. The first-order valence-electron chi connectivity index (χ1n) is 13.9. The van der Waals surface area contributed by atoms with Gasteiger partial charge >= 0.3 is 5.97 Å². The van der Waals surface area contributed by atoms with Crippen LogP contribution in [0.25, 0.3) is 0 Å². The zero-order valence-electron chi connectivity index (χ0n) is 21.8. The molecule has 1 aliphatic heterocycles. The molecule has 5 aliphatic rings. The Balaban J connectivity index is 1.33. The van der Waals surface area contributed by atoms with Gasteiger partial charge in [-0.05, 0) is 86.8 Å². The van der Waals surface area contributed by atoms with E-state index in [1.165, 1.54) is 0 Å². The molecule has 6 rings (SSSR count). The molecule has 8 atom stereocenters. The third kappa shape index (κ3) is 3.62. The highest BCUT2D eigenvalue weighted by molar-refractivity contribution is 5.94. The zero-order valence-corrected chi connectivity index (χ0v) is 21.8. The number of amides is 1. The predicted octanol–water partition coefficient (Wildman–Crippen LogP) is 2.51. The van der Waals surface area contributed by atoms with E-state index >= 15 is 0 Å². The van der Waals surface area contributed by atoms with Crippen molar-refractivity contribution in [1.29, 1.82) is 0 Å². The number of carbonyl (C=O) groups is 2. The van der Waals surface area contributed by atoms with E-state index in [4.69, 9.17) is 4.74 Å². The summed E-state index contributed by atoms with van der Waals surface area (Å²) >= 11 is 0. The smallest absolute Gasteiger partial charge is 0.331 e. The number of fused-ring (bicyclic) bond motifs is 5. The molecule has 1 aromatic heterocycles. The Hall–Kier alpha value is -2.62. The number of esters is 1. The van der Waals surface area contributed by atoms with Crippen molar-refractivity contribution in [2.24, 2.45) is 33.7 Å². The van der Waals surface area contributed by atoms with E-state index in [2.05, 4.69) is 22.4 Å². The molecule has 1 amide bonds. The average Bonchev–Trinajstić information content (AvgIpc) is 3.44. The Morgan fingerprint density at radius 2 is 1.87 bits per heavy atom. The molecule has 0 saturated heterocycles. The van der Waals surface area contributed by atoms with E-state index in [0.717, 1.165) is 24.8 Å². The highest BCUT2D eigenvalue weighted by atomic mass is 16.5. The molecule has 9 nitrogen and oxygen atoms in total. The zero-order chi connectivity index (χ0) is 26.8. The Morgan fingerprint density at radius 3 is 2.61 bits per heavy atom. The number of hydrogen-bond donors (Lipinski definition) is 4. The van der Waals surface area contributed by atoms with Crippen LogP contribution in [-0.4, -0.2) is 62.3 Å². The number of pyridine rings is 1. The fourth-order valence-electron chi connectivity index (χ4n) is 9.13. The highest BCUT2D eigenvalue weighted by Gasteiger charge is 2.71. The first kappa shape index (κ1) is 25.6. The van der Waals surface area contributed by atoms with Crippen molar-refractivity contribution < 1.29 is 29.6 Å². The molecule has 4 aliphatic carbocycles. The standard InChI is InChI=1S/C29H37N3O6/c1-26-8-3-22-23(29(26,37)11-5-21(26)19-14-24(34)38-16-19)4-10-28(36)15-20(33)2-9-27(22,28)17-31-32-25(35)18-6-12-30-13-7-18/h6-7,12-14,17,20-23,33,36-37H,2-5,8-11,15-16H2,1H3,(H,32,35)/t20-,21?,22+,23-,26?,27?,28?,29?/m1/s1. The molecule has 9 heteroatoms. The molecule has 0 aromatic carbocycles. The van der Waals surface area contributed by atoms with Gasteiger partial charge in [-0.2, -0.15) is 5.10 Å². The van der Waals surface area contributed by atoms with Crippen LogP contribution in [0.15, 0.2) is 41.3 Å². The average molecular weight is 524 g/mol. The van der Waals surface area contributed by atoms with Crippen LogP contribution < -0.4 is 5.43 Å². The summed E-state index contributed by atoms with van der Waals surface area (Å²) in [7, 11) is 0. The van der Waals surface area contributed by atoms with Crippen LogP contribution in [-0.2, 0) is 9.53 Å². The number of nitrogens with zero attached hydrogens (tertiary/aromatic N) is 2. The summed E-state index contributed by atoms with van der Waals surface area (Å²) in [5, 5.41) is 39.4. The van der Waals surface area contributed by atoms with Gasteiger partial charge in [0.25, 0.3) is 5.91 Å². The molecular weight excluding hydrogens is 486 g/mol. The molecule has 204 valence electrons. The minimum absolute atomic E-state index is 0.0532. The maximum absolute atomic E-state index is 12.7. The van der Waals surface area contributed by atoms with E-state index in [1.54, 1.807) is 36.8 Å². The molecule has 4 N–H and O–H groups in total. The number of ether oxygens (including phenoxy) is 1. The molecule has 4 fully saturated rings. The van der Waals surface area contributed by atoms with Crippen LogP contribution >= 0.6 is 0 Å². The van der Waals surface area contributed by atoms with Crippen LogP contribution in [0.2, 0.25) is 0 Å². The fraction of sp³-hybridized carbons (Fsp3) is 0.655. The van der Waals surface area contributed by atoms with Crippen LogP contribution in [0.4, 0.5) is 0 Å². The normalized spacial score (nSPS) is 44.1. The van der Waals surface area contributed by atoms with Crippen molar-refractivity contribution in [2.75, 3.05) is 6.61 Å². The molecule has 2 heterocycles. The lowest BCUT2D eigenvalue weighted by molar-refractivity contribution is -0.237. The SMILES string of the molecule is CC12CC[C@H]3[C@@H](CCC4(O)C[C@H](O)CCC34C=NNC(=O)c3ccncc3)C1(O)CCC2C1=CC(=O)OC1. The van der Waals surface area contributed by atoms with E-state index < -0.39 is 28.1 Å². The summed E-state index contributed by atoms with van der Waals surface area (Å²) in [5.74, 6) is -0.703. The second kappa shape index (κ2) is 8.96. The lowest BCUT2D eigenvalue weighted by Gasteiger charge is -2.65. The lowest BCUT2D eigenvalue weighted by atomic mass is 9.41. The number of aliphatic hydroxyl groups excluding tert-OH is 1. The topological polar surface area (TPSA) is 141 Å². The summed E-state index contributed by atoms with van der Waals surface area (Å²) < 4.78 is 5.22. The van der Waals surface area contributed by atoms with Gasteiger partial charge in [-0.1, -0.05) is 6.92 Å². The van der Waals surface area contributed by atoms with Crippen molar-refractivity contribution in [3.8, 4) is 0 Å². The number of nitrogens with one attached hydrogen (secondary N) is 1. The second-order valence-corrected chi connectivity index (χ2v) is 12.5. The van der Waals surface area contributed by atoms with Crippen LogP contribution in [0, 0.1) is 28.6 Å². The van der Waals surface area contributed by atoms with Crippen molar-refractivity contribution in [2.45, 2.75) is 82.0 Å². The number of aromatic nitrogens is 1. The van der Waals surface area contributed by atoms with E-state index in [0.29, 0.717) is 44.3 Å². The summed E-state index contributed by atoms with van der Waals surface area (Å²) in [6.45, 7) is 2.46. The number of cyclic esters (lactones) is 1. The van der Waals surface area contributed by atoms with Gasteiger partial charge in [0, 0.05) is 47.5 Å². The minimum atomic E-state index is -1.17. The van der Waals surface area contributed by atoms with Gasteiger partial charge in [0.05, 0.1) is 17.3 Å². The molecule has 5 unspecified atom stereocenters. The summed E-state index contributed by atoms with van der Waals surface area (Å²) in [4.78, 5) is 28.4. The molecule has 0 radical (unpaired) electrons. The van der Waals surface area contributed by atoms with Gasteiger partial charge < -0.3 is 20.1 Å². The maximum atomic E-state index is 12.7. The third-order valence-electron chi connectivity index (χ3n) is 11.0. The van der Waals surface area contributed by atoms with Gasteiger partial charge in [0.2, 0.25) is 0 Å². The third-order valence-corrected chi connectivity index (χ3v) is 11.0. The summed E-state index contributed by atoms with van der Waals surface area (Å²) in [6.07, 6.45) is 11.2. The van der Waals surface area contributed by atoms with Gasteiger partial charge in [-0.3, -0.25) is 9.78 Å². The molecule has 0 bridgehead atoms.